The Hall–Kier alpha value is -3.51. The molecule has 1 fully saturated rings. The summed E-state index contributed by atoms with van der Waals surface area (Å²) in [5.74, 6) is 0.133. The van der Waals surface area contributed by atoms with E-state index in [1.54, 1.807) is 48.5 Å². The maximum Gasteiger partial charge on any atom is 0.328 e. The Morgan fingerprint density at radius 1 is 0.931 bits per heavy atom. The minimum Gasteiger partial charge on any atom is -0.480 e. The van der Waals surface area contributed by atoms with Gasteiger partial charge in [-0.2, -0.15) is 0 Å². The molecule has 2 atom stereocenters. The van der Waals surface area contributed by atoms with Crippen LogP contribution in [0, 0.1) is 0 Å². The van der Waals surface area contributed by atoms with E-state index in [-0.39, 0.29) is 0 Å². The molecular formula is C22H17ClN2O4. The minimum absolute atomic E-state index is 0.461. The predicted octanol–water partition coefficient (Wildman–Crippen LogP) is 4.86. The van der Waals surface area contributed by atoms with Crippen LogP contribution in [0.15, 0.2) is 78.9 Å². The molecule has 0 unspecified atom stereocenters. The standard InChI is InChI=1S/C22H17ClN2O4/c23-15-6-10-17(11-7-15)29-18-12-8-16(9-13-18)25-20(14-4-2-1-3-5-14)19(21(26)27)24-22(25)28/h1-13,19-20H,(H,24,28)(H,26,27)/t19-,20+/m1/s1. The fraction of sp³-hybridized carbons (Fsp3) is 0.0909. The van der Waals surface area contributed by atoms with Crippen molar-refractivity contribution in [1.29, 1.82) is 0 Å². The van der Waals surface area contributed by atoms with Gasteiger partial charge in [-0.05, 0) is 54.1 Å². The number of carbonyl (C=O) groups is 2. The number of hydrogen-bond donors (Lipinski definition) is 2. The molecule has 0 radical (unpaired) electrons. The maximum absolute atomic E-state index is 12.6. The number of hydrogen-bond acceptors (Lipinski definition) is 3. The molecule has 146 valence electrons. The highest BCUT2D eigenvalue weighted by molar-refractivity contribution is 6.30. The monoisotopic (exact) mass is 408 g/mol. The first-order valence-electron chi connectivity index (χ1n) is 8.94. The number of nitrogens with zero attached hydrogens (tertiary/aromatic N) is 1. The van der Waals surface area contributed by atoms with E-state index in [1.165, 1.54) is 4.90 Å². The second kappa shape index (κ2) is 7.85. The Morgan fingerprint density at radius 3 is 2.10 bits per heavy atom. The average molecular weight is 409 g/mol. The first kappa shape index (κ1) is 18.8. The molecule has 1 aliphatic heterocycles. The summed E-state index contributed by atoms with van der Waals surface area (Å²) in [6, 6.07) is 20.8. The first-order chi connectivity index (χ1) is 14.0. The van der Waals surface area contributed by atoms with E-state index in [1.807, 2.05) is 30.3 Å². The highest BCUT2D eigenvalue weighted by atomic mass is 35.5. The van der Waals surface area contributed by atoms with Crippen molar-refractivity contribution in [2.75, 3.05) is 4.90 Å². The van der Waals surface area contributed by atoms with Gasteiger partial charge in [-0.3, -0.25) is 4.90 Å². The number of anilines is 1. The van der Waals surface area contributed by atoms with Gasteiger partial charge in [0.1, 0.15) is 11.5 Å². The van der Waals surface area contributed by atoms with Crippen LogP contribution in [0.3, 0.4) is 0 Å². The number of aliphatic carboxylic acids is 1. The third kappa shape index (κ3) is 3.88. The van der Waals surface area contributed by atoms with Crippen molar-refractivity contribution >= 4 is 29.3 Å². The Kier molecular flexibility index (Phi) is 5.10. The van der Waals surface area contributed by atoms with Gasteiger partial charge in [-0.25, -0.2) is 9.59 Å². The van der Waals surface area contributed by atoms with Gasteiger partial charge < -0.3 is 15.2 Å². The van der Waals surface area contributed by atoms with Crippen molar-refractivity contribution < 1.29 is 19.4 Å². The quantitative estimate of drug-likeness (QED) is 0.632. The number of nitrogens with one attached hydrogen (secondary N) is 1. The second-order valence-corrected chi connectivity index (χ2v) is 6.98. The van der Waals surface area contributed by atoms with Crippen LogP contribution in [-0.4, -0.2) is 23.1 Å². The lowest BCUT2D eigenvalue weighted by Crippen LogP contribution is -2.35. The fourth-order valence-electron chi connectivity index (χ4n) is 3.34. The number of carboxylic acid groups (broad SMARTS) is 1. The summed E-state index contributed by atoms with van der Waals surface area (Å²) in [7, 11) is 0. The first-order valence-corrected chi connectivity index (χ1v) is 9.32. The van der Waals surface area contributed by atoms with E-state index in [9.17, 15) is 14.7 Å². The molecule has 0 aliphatic carbocycles. The van der Waals surface area contributed by atoms with E-state index >= 15 is 0 Å². The third-order valence-corrected chi connectivity index (χ3v) is 4.92. The molecule has 4 rings (SSSR count). The maximum atomic E-state index is 12.6. The van der Waals surface area contributed by atoms with Crippen molar-refractivity contribution in [3.05, 3.63) is 89.4 Å². The summed E-state index contributed by atoms with van der Waals surface area (Å²) in [6.07, 6.45) is 0. The molecule has 1 heterocycles. The number of urea groups is 1. The zero-order valence-corrected chi connectivity index (χ0v) is 15.9. The molecule has 0 saturated carbocycles. The number of carboxylic acids is 1. The molecule has 3 aromatic carbocycles. The van der Waals surface area contributed by atoms with Crippen LogP contribution >= 0.6 is 11.6 Å². The second-order valence-electron chi connectivity index (χ2n) is 6.54. The van der Waals surface area contributed by atoms with Gasteiger partial charge in [0.25, 0.3) is 0 Å². The van der Waals surface area contributed by atoms with Crippen LogP contribution in [0.1, 0.15) is 11.6 Å². The number of halogens is 1. The summed E-state index contributed by atoms with van der Waals surface area (Å²) in [4.78, 5) is 25.8. The fourth-order valence-corrected chi connectivity index (χ4v) is 3.46. The third-order valence-electron chi connectivity index (χ3n) is 4.66. The number of rotatable bonds is 5. The van der Waals surface area contributed by atoms with Gasteiger partial charge in [-0.15, -0.1) is 0 Å². The van der Waals surface area contributed by atoms with Gasteiger partial charge in [-0.1, -0.05) is 41.9 Å². The van der Waals surface area contributed by atoms with E-state index < -0.39 is 24.1 Å². The molecule has 3 aromatic rings. The molecule has 6 nitrogen and oxygen atoms in total. The van der Waals surface area contributed by atoms with Crippen LogP contribution < -0.4 is 15.0 Å². The zero-order valence-electron chi connectivity index (χ0n) is 15.2. The van der Waals surface area contributed by atoms with E-state index in [4.69, 9.17) is 16.3 Å². The molecular weight excluding hydrogens is 392 g/mol. The number of amides is 2. The molecule has 1 aliphatic rings. The van der Waals surface area contributed by atoms with Crippen molar-refractivity contribution in [2.24, 2.45) is 0 Å². The molecule has 2 N–H and O–H groups in total. The molecule has 0 bridgehead atoms. The number of carbonyl (C=O) groups excluding carboxylic acids is 1. The molecule has 2 amide bonds. The Labute approximate surface area is 172 Å². The van der Waals surface area contributed by atoms with E-state index in [0.29, 0.717) is 22.2 Å². The van der Waals surface area contributed by atoms with Crippen molar-refractivity contribution in [3.63, 3.8) is 0 Å². The lowest BCUT2D eigenvalue weighted by molar-refractivity contribution is -0.139. The molecule has 0 aromatic heterocycles. The van der Waals surface area contributed by atoms with E-state index in [2.05, 4.69) is 5.32 Å². The summed E-state index contributed by atoms with van der Waals surface area (Å²) in [5.41, 5.74) is 1.31. The highest BCUT2D eigenvalue weighted by Crippen LogP contribution is 2.35. The smallest absolute Gasteiger partial charge is 0.328 e. The van der Waals surface area contributed by atoms with Crippen LogP contribution in [0.4, 0.5) is 10.5 Å². The Bertz CT molecular complexity index is 1020. The highest BCUT2D eigenvalue weighted by Gasteiger charge is 2.45. The van der Waals surface area contributed by atoms with Crippen LogP contribution in [-0.2, 0) is 4.79 Å². The van der Waals surface area contributed by atoms with Crippen LogP contribution in [0.25, 0.3) is 0 Å². The Morgan fingerprint density at radius 2 is 1.52 bits per heavy atom. The lowest BCUT2D eigenvalue weighted by Gasteiger charge is -2.25. The Balaban J connectivity index is 1.62. The van der Waals surface area contributed by atoms with Crippen molar-refractivity contribution in [2.45, 2.75) is 12.1 Å². The van der Waals surface area contributed by atoms with Crippen molar-refractivity contribution in [1.82, 2.24) is 5.32 Å². The van der Waals surface area contributed by atoms with Gasteiger partial charge in [0.15, 0.2) is 6.04 Å². The molecule has 29 heavy (non-hydrogen) atoms. The lowest BCUT2D eigenvalue weighted by atomic mass is 9.99. The minimum atomic E-state index is -1.09. The summed E-state index contributed by atoms with van der Waals surface area (Å²) in [5, 5.41) is 12.8. The average Bonchev–Trinajstić information content (AvgIpc) is 3.08. The topological polar surface area (TPSA) is 78.9 Å². The largest absolute Gasteiger partial charge is 0.480 e. The van der Waals surface area contributed by atoms with E-state index in [0.717, 1.165) is 5.56 Å². The van der Waals surface area contributed by atoms with Gasteiger partial charge in [0.05, 0.1) is 6.04 Å². The summed E-state index contributed by atoms with van der Waals surface area (Å²) < 4.78 is 5.78. The summed E-state index contributed by atoms with van der Waals surface area (Å²) in [6.45, 7) is 0. The predicted molar refractivity (Wildman–Crippen MR) is 110 cm³/mol. The summed E-state index contributed by atoms with van der Waals surface area (Å²) >= 11 is 5.88. The van der Waals surface area contributed by atoms with Gasteiger partial charge in [0, 0.05) is 10.7 Å². The van der Waals surface area contributed by atoms with Crippen LogP contribution in [0.2, 0.25) is 5.02 Å². The number of ether oxygens (including phenoxy) is 1. The molecule has 7 heteroatoms. The van der Waals surface area contributed by atoms with Gasteiger partial charge in [0.2, 0.25) is 0 Å². The molecule has 0 spiro atoms. The van der Waals surface area contributed by atoms with Crippen LogP contribution in [0.5, 0.6) is 11.5 Å². The van der Waals surface area contributed by atoms with Gasteiger partial charge >= 0.3 is 12.0 Å². The number of benzene rings is 3. The zero-order chi connectivity index (χ0) is 20.4. The molecule has 1 saturated heterocycles. The SMILES string of the molecule is O=C(O)[C@@H]1NC(=O)N(c2ccc(Oc3ccc(Cl)cc3)cc2)[C@H]1c1ccccc1. The van der Waals surface area contributed by atoms with Crippen molar-refractivity contribution in [3.8, 4) is 11.5 Å². The normalized spacial score (nSPS) is 18.4.